The molecule has 1 aliphatic heterocycles. The van der Waals surface area contributed by atoms with E-state index in [0.29, 0.717) is 18.8 Å². The molecule has 0 amide bonds. The van der Waals surface area contributed by atoms with E-state index < -0.39 is 11.6 Å². The van der Waals surface area contributed by atoms with Crippen LogP contribution in [-0.4, -0.2) is 22.5 Å². The first-order valence-electron chi connectivity index (χ1n) is 8.14. The number of esters is 1. The van der Waals surface area contributed by atoms with Gasteiger partial charge < -0.3 is 9.84 Å². The van der Waals surface area contributed by atoms with Gasteiger partial charge in [0.25, 0.3) is 0 Å². The molecule has 21 heavy (non-hydrogen) atoms. The second-order valence-electron chi connectivity index (χ2n) is 6.53. The lowest BCUT2D eigenvalue weighted by Gasteiger charge is -2.46. The van der Waals surface area contributed by atoms with Crippen LogP contribution in [0.1, 0.15) is 65.7 Å². The van der Waals surface area contributed by atoms with Crippen molar-refractivity contribution in [2.75, 3.05) is 0 Å². The SMILES string of the molecule is CCCC(=O)C1=C(O)C(CC)C2(CCC(C)CC2)OC1=O. The Morgan fingerprint density at radius 1 is 1.33 bits per heavy atom. The third kappa shape index (κ3) is 2.85. The number of ether oxygens (including phenoxy) is 1. The zero-order valence-electron chi connectivity index (χ0n) is 13.3. The first-order valence-corrected chi connectivity index (χ1v) is 8.14. The largest absolute Gasteiger partial charge is 0.511 e. The Kier molecular flexibility index (Phi) is 4.74. The topological polar surface area (TPSA) is 63.6 Å². The number of aliphatic hydroxyl groups excluding tert-OH is 1. The molecule has 1 fully saturated rings. The Labute approximate surface area is 126 Å². The second-order valence-corrected chi connectivity index (χ2v) is 6.53. The zero-order valence-corrected chi connectivity index (χ0v) is 13.3. The molecule has 0 aromatic heterocycles. The molecule has 4 heteroatoms. The maximum absolute atomic E-state index is 12.3. The predicted octanol–water partition coefficient (Wildman–Crippen LogP) is 3.70. The van der Waals surface area contributed by atoms with E-state index in [4.69, 9.17) is 4.74 Å². The molecule has 4 nitrogen and oxygen atoms in total. The van der Waals surface area contributed by atoms with E-state index in [0.717, 1.165) is 25.7 Å². The molecule has 1 heterocycles. The van der Waals surface area contributed by atoms with E-state index in [-0.39, 0.29) is 29.5 Å². The summed E-state index contributed by atoms with van der Waals surface area (Å²) in [5, 5.41) is 10.5. The molecule has 2 aliphatic rings. The second kappa shape index (κ2) is 6.20. The summed E-state index contributed by atoms with van der Waals surface area (Å²) >= 11 is 0. The quantitative estimate of drug-likeness (QED) is 0.634. The summed E-state index contributed by atoms with van der Waals surface area (Å²) in [6.07, 6.45) is 5.15. The molecular formula is C17H26O4. The van der Waals surface area contributed by atoms with E-state index >= 15 is 0 Å². The van der Waals surface area contributed by atoms with Gasteiger partial charge in [-0.25, -0.2) is 4.79 Å². The van der Waals surface area contributed by atoms with Crippen LogP contribution in [0.4, 0.5) is 0 Å². The number of hydrogen-bond donors (Lipinski definition) is 1. The van der Waals surface area contributed by atoms with Crippen LogP contribution >= 0.6 is 0 Å². The summed E-state index contributed by atoms with van der Waals surface area (Å²) in [6, 6.07) is 0. The van der Waals surface area contributed by atoms with Gasteiger partial charge in [-0.05, 0) is 44.4 Å². The van der Waals surface area contributed by atoms with Crippen molar-refractivity contribution in [1.82, 2.24) is 0 Å². The van der Waals surface area contributed by atoms with E-state index in [1.807, 2.05) is 13.8 Å². The summed E-state index contributed by atoms with van der Waals surface area (Å²) in [7, 11) is 0. The summed E-state index contributed by atoms with van der Waals surface area (Å²) in [6.45, 7) is 6.05. The molecule has 0 aromatic carbocycles. The van der Waals surface area contributed by atoms with E-state index in [1.54, 1.807) is 0 Å². The van der Waals surface area contributed by atoms with Crippen LogP contribution in [0.25, 0.3) is 0 Å². The number of carbonyl (C=O) groups excluding carboxylic acids is 2. The van der Waals surface area contributed by atoms with Crippen molar-refractivity contribution < 1.29 is 19.4 Å². The van der Waals surface area contributed by atoms with Gasteiger partial charge in [0.05, 0.1) is 5.92 Å². The van der Waals surface area contributed by atoms with Crippen molar-refractivity contribution in [3.8, 4) is 0 Å². The Morgan fingerprint density at radius 3 is 2.48 bits per heavy atom. The molecule has 1 aliphatic carbocycles. The van der Waals surface area contributed by atoms with Crippen molar-refractivity contribution in [3.05, 3.63) is 11.3 Å². The molecule has 1 unspecified atom stereocenters. The maximum atomic E-state index is 12.3. The standard InChI is InChI=1S/C17H26O4/c1-4-6-13(18)14-15(19)12(5-2)17(21-16(14)20)9-7-11(3)8-10-17/h11-12,19H,4-10H2,1-3H3. The van der Waals surface area contributed by atoms with Crippen LogP contribution in [0.2, 0.25) is 0 Å². The first kappa shape index (κ1) is 16.1. The van der Waals surface area contributed by atoms with Gasteiger partial charge in [-0.2, -0.15) is 0 Å². The van der Waals surface area contributed by atoms with Crippen LogP contribution in [0.3, 0.4) is 0 Å². The molecule has 2 rings (SSSR count). The van der Waals surface area contributed by atoms with Crippen molar-refractivity contribution >= 4 is 11.8 Å². The fourth-order valence-corrected chi connectivity index (χ4v) is 3.71. The van der Waals surface area contributed by atoms with E-state index in [1.165, 1.54) is 0 Å². The molecule has 0 saturated heterocycles. The van der Waals surface area contributed by atoms with Crippen LogP contribution in [0.5, 0.6) is 0 Å². The summed E-state index contributed by atoms with van der Waals surface area (Å²) in [5.74, 6) is -0.552. The van der Waals surface area contributed by atoms with Crippen molar-refractivity contribution in [3.63, 3.8) is 0 Å². The lowest BCUT2D eigenvalue weighted by atomic mass is 9.69. The van der Waals surface area contributed by atoms with E-state index in [2.05, 4.69) is 6.92 Å². The highest BCUT2D eigenvalue weighted by Gasteiger charge is 2.51. The van der Waals surface area contributed by atoms with Gasteiger partial charge in [-0.1, -0.05) is 20.8 Å². The average molecular weight is 294 g/mol. The zero-order chi connectivity index (χ0) is 15.6. The lowest BCUT2D eigenvalue weighted by Crippen LogP contribution is -2.50. The van der Waals surface area contributed by atoms with Gasteiger partial charge in [0.15, 0.2) is 5.78 Å². The summed E-state index contributed by atoms with van der Waals surface area (Å²) in [4.78, 5) is 24.4. The summed E-state index contributed by atoms with van der Waals surface area (Å²) in [5.41, 5.74) is -0.703. The van der Waals surface area contributed by atoms with Gasteiger partial charge in [-0.15, -0.1) is 0 Å². The number of rotatable bonds is 4. The van der Waals surface area contributed by atoms with Crippen molar-refractivity contribution in [2.45, 2.75) is 71.3 Å². The normalized spacial score (nSPS) is 33.2. The highest BCUT2D eigenvalue weighted by Crippen LogP contribution is 2.47. The first-order chi connectivity index (χ1) is 9.95. The predicted molar refractivity (Wildman–Crippen MR) is 79.8 cm³/mol. The van der Waals surface area contributed by atoms with Gasteiger partial charge in [0.1, 0.15) is 16.9 Å². The smallest absolute Gasteiger partial charge is 0.345 e. The van der Waals surface area contributed by atoms with Crippen LogP contribution in [0, 0.1) is 11.8 Å². The van der Waals surface area contributed by atoms with Crippen LogP contribution in [0.15, 0.2) is 11.3 Å². The third-order valence-corrected chi connectivity index (χ3v) is 5.01. The Bertz CT molecular complexity index is 455. The van der Waals surface area contributed by atoms with Gasteiger partial charge in [0, 0.05) is 6.42 Å². The van der Waals surface area contributed by atoms with Gasteiger partial charge in [0.2, 0.25) is 0 Å². The third-order valence-electron chi connectivity index (χ3n) is 5.01. The molecule has 0 bridgehead atoms. The molecule has 1 saturated carbocycles. The molecule has 0 aromatic rings. The van der Waals surface area contributed by atoms with Crippen molar-refractivity contribution in [2.24, 2.45) is 11.8 Å². The number of Topliss-reactive ketones (excluding diaryl/α,β-unsaturated/α-hetero) is 1. The molecule has 118 valence electrons. The number of carbonyl (C=O) groups is 2. The van der Waals surface area contributed by atoms with Crippen LogP contribution in [-0.2, 0) is 14.3 Å². The fourth-order valence-electron chi connectivity index (χ4n) is 3.71. The molecule has 0 radical (unpaired) electrons. The summed E-state index contributed by atoms with van der Waals surface area (Å²) < 4.78 is 5.74. The Hall–Kier alpha value is -1.32. The highest BCUT2D eigenvalue weighted by atomic mass is 16.6. The minimum Gasteiger partial charge on any atom is -0.511 e. The molecule has 1 N–H and O–H groups in total. The fraction of sp³-hybridized carbons (Fsp3) is 0.765. The van der Waals surface area contributed by atoms with E-state index in [9.17, 15) is 14.7 Å². The van der Waals surface area contributed by atoms with Crippen molar-refractivity contribution in [1.29, 1.82) is 0 Å². The maximum Gasteiger partial charge on any atom is 0.345 e. The molecule has 1 atom stereocenters. The van der Waals surface area contributed by atoms with Crippen LogP contribution < -0.4 is 0 Å². The minimum atomic E-state index is -0.620. The lowest BCUT2D eigenvalue weighted by molar-refractivity contribution is -0.173. The number of aliphatic hydroxyl groups is 1. The molecule has 1 spiro atoms. The average Bonchev–Trinajstić information content (AvgIpc) is 2.42. The van der Waals surface area contributed by atoms with Gasteiger partial charge in [-0.3, -0.25) is 4.79 Å². The monoisotopic (exact) mass is 294 g/mol. The minimum absolute atomic E-state index is 0.0262. The number of hydrogen-bond acceptors (Lipinski definition) is 4. The molecular weight excluding hydrogens is 268 g/mol. The highest BCUT2D eigenvalue weighted by molar-refractivity contribution is 6.18. The van der Waals surface area contributed by atoms with Gasteiger partial charge >= 0.3 is 5.97 Å². The Balaban J connectivity index is 2.35. The number of ketones is 1. The Morgan fingerprint density at radius 2 is 1.95 bits per heavy atom.